The quantitative estimate of drug-likeness (QED) is 0.773. The van der Waals surface area contributed by atoms with Gasteiger partial charge in [0.2, 0.25) is 6.17 Å². The number of aliphatic hydroxyl groups is 1. The van der Waals surface area contributed by atoms with Crippen LogP contribution in [0.2, 0.25) is 0 Å². The third-order valence-electron chi connectivity index (χ3n) is 2.21. The number of esters is 1. The van der Waals surface area contributed by atoms with E-state index in [4.69, 9.17) is 0 Å². The molecule has 1 aromatic carbocycles. The number of alkyl halides is 1. The topological polar surface area (TPSA) is 46.5 Å². The van der Waals surface area contributed by atoms with Gasteiger partial charge in [-0.05, 0) is 18.1 Å². The zero-order valence-electron chi connectivity index (χ0n) is 8.61. The van der Waals surface area contributed by atoms with Crippen molar-refractivity contribution in [3.63, 3.8) is 0 Å². The Hall–Kier alpha value is -1.42. The van der Waals surface area contributed by atoms with Crippen molar-refractivity contribution in [2.45, 2.75) is 19.2 Å². The van der Waals surface area contributed by atoms with E-state index in [1.807, 2.05) is 0 Å². The van der Waals surface area contributed by atoms with Crippen LogP contribution in [-0.4, -0.2) is 24.4 Å². The number of carbonyl (C=O) groups excluding carboxylic acids is 1. The van der Waals surface area contributed by atoms with Crippen LogP contribution < -0.4 is 0 Å². The van der Waals surface area contributed by atoms with Crippen LogP contribution in [-0.2, 0) is 9.53 Å². The highest BCUT2D eigenvalue weighted by Crippen LogP contribution is 2.23. The lowest BCUT2D eigenvalue weighted by Gasteiger charge is -2.15. The molecule has 0 aromatic heterocycles. The van der Waals surface area contributed by atoms with Crippen LogP contribution in [0, 0.1) is 6.92 Å². The van der Waals surface area contributed by atoms with Gasteiger partial charge < -0.3 is 9.84 Å². The summed E-state index contributed by atoms with van der Waals surface area (Å²) in [5.41, 5.74) is 1.13. The number of hydrogen-bond donors (Lipinski definition) is 1. The van der Waals surface area contributed by atoms with Crippen LogP contribution in [0.3, 0.4) is 0 Å². The third kappa shape index (κ3) is 2.53. The molecule has 0 radical (unpaired) electrons. The standard InChI is InChI=1S/C11H13FO3/c1-7-5-3-4-6-8(7)10(13)9(12)11(14)15-2/h3-6,9-10,13H,1-2H3. The number of carbonyl (C=O) groups is 1. The molecule has 82 valence electrons. The Morgan fingerprint density at radius 3 is 2.60 bits per heavy atom. The highest BCUT2D eigenvalue weighted by Gasteiger charge is 2.29. The SMILES string of the molecule is COC(=O)C(F)C(O)c1ccccc1C. The smallest absolute Gasteiger partial charge is 0.343 e. The molecule has 4 heteroatoms. The molecule has 0 heterocycles. The zero-order chi connectivity index (χ0) is 11.4. The Morgan fingerprint density at radius 1 is 1.47 bits per heavy atom. The fourth-order valence-electron chi connectivity index (χ4n) is 1.32. The first-order valence-corrected chi connectivity index (χ1v) is 4.53. The zero-order valence-corrected chi connectivity index (χ0v) is 8.61. The Kier molecular flexibility index (Phi) is 3.80. The number of ether oxygens (including phenoxy) is 1. The Labute approximate surface area is 87.5 Å². The van der Waals surface area contributed by atoms with E-state index in [-0.39, 0.29) is 0 Å². The molecule has 0 saturated carbocycles. The maximum absolute atomic E-state index is 13.3. The summed E-state index contributed by atoms with van der Waals surface area (Å²) in [6.45, 7) is 1.74. The first kappa shape index (κ1) is 11.7. The fraction of sp³-hybridized carbons (Fsp3) is 0.364. The normalized spacial score (nSPS) is 14.4. The molecule has 1 rings (SSSR count). The second kappa shape index (κ2) is 4.89. The minimum Gasteiger partial charge on any atom is -0.467 e. The summed E-state index contributed by atoms with van der Waals surface area (Å²) in [5, 5.41) is 9.60. The molecule has 0 spiro atoms. The molecule has 0 amide bonds. The summed E-state index contributed by atoms with van der Waals surface area (Å²) in [4.78, 5) is 10.9. The van der Waals surface area contributed by atoms with Crippen molar-refractivity contribution in [1.82, 2.24) is 0 Å². The second-order valence-corrected chi connectivity index (χ2v) is 3.23. The van der Waals surface area contributed by atoms with E-state index in [1.54, 1.807) is 31.2 Å². The summed E-state index contributed by atoms with van der Waals surface area (Å²) >= 11 is 0. The summed E-state index contributed by atoms with van der Waals surface area (Å²) in [6.07, 6.45) is -3.52. The van der Waals surface area contributed by atoms with Gasteiger partial charge in [-0.15, -0.1) is 0 Å². The van der Waals surface area contributed by atoms with Crippen LogP contribution in [0.25, 0.3) is 0 Å². The summed E-state index contributed by atoms with van der Waals surface area (Å²) in [6, 6.07) is 6.77. The first-order chi connectivity index (χ1) is 7.07. The van der Waals surface area contributed by atoms with E-state index in [0.717, 1.165) is 12.7 Å². The van der Waals surface area contributed by atoms with Gasteiger partial charge in [0.15, 0.2) is 0 Å². The molecular formula is C11H13FO3. The minimum atomic E-state index is -2.05. The van der Waals surface area contributed by atoms with Crippen molar-refractivity contribution in [3.8, 4) is 0 Å². The van der Waals surface area contributed by atoms with E-state index in [2.05, 4.69) is 4.74 Å². The molecule has 2 atom stereocenters. The predicted octanol–water partition coefficient (Wildman–Crippen LogP) is 1.54. The number of benzene rings is 1. The summed E-state index contributed by atoms with van der Waals surface area (Å²) < 4.78 is 17.6. The van der Waals surface area contributed by atoms with Crippen molar-refractivity contribution < 1.29 is 19.0 Å². The van der Waals surface area contributed by atoms with Gasteiger partial charge >= 0.3 is 5.97 Å². The predicted molar refractivity (Wildman–Crippen MR) is 53.1 cm³/mol. The molecule has 3 nitrogen and oxygen atoms in total. The van der Waals surface area contributed by atoms with E-state index in [1.165, 1.54) is 0 Å². The second-order valence-electron chi connectivity index (χ2n) is 3.23. The van der Waals surface area contributed by atoms with Gasteiger partial charge in [-0.3, -0.25) is 0 Å². The Morgan fingerprint density at radius 2 is 2.07 bits per heavy atom. The van der Waals surface area contributed by atoms with Crippen LogP contribution in [0.1, 0.15) is 17.2 Å². The molecule has 15 heavy (non-hydrogen) atoms. The Balaban J connectivity index is 2.89. The van der Waals surface area contributed by atoms with Gasteiger partial charge in [0.1, 0.15) is 6.10 Å². The molecular weight excluding hydrogens is 199 g/mol. The van der Waals surface area contributed by atoms with Gasteiger partial charge in [0.05, 0.1) is 7.11 Å². The van der Waals surface area contributed by atoms with Crippen LogP contribution in [0.5, 0.6) is 0 Å². The number of aryl methyl sites for hydroxylation is 1. The van der Waals surface area contributed by atoms with E-state index in [0.29, 0.717) is 5.56 Å². The number of halogens is 1. The van der Waals surface area contributed by atoms with Gasteiger partial charge in [-0.2, -0.15) is 0 Å². The van der Waals surface area contributed by atoms with Crippen molar-refractivity contribution in [2.75, 3.05) is 7.11 Å². The molecule has 0 aliphatic heterocycles. The lowest BCUT2D eigenvalue weighted by Crippen LogP contribution is -2.25. The molecule has 0 fully saturated rings. The van der Waals surface area contributed by atoms with Crippen molar-refractivity contribution >= 4 is 5.97 Å². The lowest BCUT2D eigenvalue weighted by atomic mass is 10.0. The van der Waals surface area contributed by atoms with E-state index in [9.17, 15) is 14.3 Å². The van der Waals surface area contributed by atoms with Gasteiger partial charge in [-0.1, -0.05) is 24.3 Å². The van der Waals surface area contributed by atoms with Crippen LogP contribution in [0.4, 0.5) is 4.39 Å². The van der Waals surface area contributed by atoms with Crippen molar-refractivity contribution in [2.24, 2.45) is 0 Å². The maximum atomic E-state index is 13.3. The number of hydrogen-bond acceptors (Lipinski definition) is 3. The largest absolute Gasteiger partial charge is 0.467 e. The average Bonchev–Trinajstić information content (AvgIpc) is 2.26. The van der Waals surface area contributed by atoms with Crippen molar-refractivity contribution in [3.05, 3.63) is 35.4 Å². The molecule has 0 saturated heterocycles. The monoisotopic (exact) mass is 212 g/mol. The number of rotatable bonds is 3. The average molecular weight is 212 g/mol. The van der Waals surface area contributed by atoms with Gasteiger partial charge in [0, 0.05) is 0 Å². The Bertz CT molecular complexity index is 351. The molecule has 2 unspecified atom stereocenters. The van der Waals surface area contributed by atoms with Crippen molar-refractivity contribution in [1.29, 1.82) is 0 Å². The lowest BCUT2D eigenvalue weighted by molar-refractivity contribution is -0.151. The van der Waals surface area contributed by atoms with Gasteiger partial charge in [0.25, 0.3) is 0 Å². The minimum absolute atomic E-state index is 0.399. The summed E-state index contributed by atoms with van der Waals surface area (Å²) in [5.74, 6) is -1.06. The van der Waals surface area contributed by atoms with E-state index < -0.39 is 18.2 Å². The fourth-order valence-corrected chi connectivity index (χ4v) is 1.32. The molecule has 1 aromatic rings. The highest BCUT2D eigenvalue weighted by molar-refractivity contribution is 5.75. The number of aliphatic hydroxyl groups excluding tert-OH is 1. The first-order valence-electron chi connectivity index (χ1n) is 4.53. The number of methoxy groups -OCH3 is 1. The summed E-state index contributed by atoms with van der Waals surface area (Å²) in [7, 11) is 1.08. The van der Waals surface area contributed by atoms with Gasteiger partial charge in [-0.25, -0.2) is 9.18 Å². The van der Waals surface area contributed by atoms with Crippen LogP contribution in [0.15, 0.2) is 24.3 Å². The highest BCUT2D eigenvalue weighted by atomic mass is 19.1. The third-order valence-corrected chi connectivity index (χ3v) is 2.21. The van der Waals surface area contributed by atoms with Crippen LogP contribution >= 0.6 is 0 Å². The maximum Gasteiger partial charge on any atom is 0.343 e. The van der Waals surface area contributed by atoms with E-state index >= 15 is 0 Å². The molecule has 0 aliphatic carbocycles. The molecule has 0 bridgehead atoms. The molecule has 1 N–H and O–H groups in total. The molecule has 0 aliphatic rings.